The van der Waals surface area contributed by atoms with Crippen LogP contribution in [-0.2, 0) is 46.0 Å². The molecule has 0 atom stereocenters. The van der Waals surface area contributed by atoms with Gasteiger partial charge in [0.15, 0.2) is 0 Å². The molecule has 0 saturated carbocycles. The van der Waals surface area contributed by atoms with Gasteiger partial charge >= 0.3 is 35.0 Å². The summed E-state index contributed by atoms with van der Waals surface area (Å²) in [6, 6.07) is 0. The zero-order chi connectivity index (χ0) is 19.2. The Morgan fingerprint density at radius 1 is 0.885 bits per heavy atom. The third kappa shape index (κ3) is 11.7. The number of ketones is 2. The molecule has 2 rings (SSSR count). The van der Waals surface area contributed by atoms with Gasteiger partial charge in [0.2, 0.25) is 0 Å². The van der Waals surface area contributed by atoms with Gasteiger partial charge in [-0.2, -0.15) is 0 Å². The van der Waals surface area contributed by atoms with Crippen LogP contribution in [0, 0.1) is 31.2 Å². The molecule has 0 spiro atoms. The fourth-order valence-electron chi connectivity index (χ4n) is 1.41. The van der Waals surface area contributed by atoms with Gasteiger partial charge in [0.1, 0.15) is 0 Å². The molecule has 0 unspecified atom stereocenters. The Hall–Kier alpha value is -0.795. The molecule has 0 heterocycles. The van der Waals surface area contributed by atoms with E-state index in [9.17, 15) is 9.59 Å². The molecule has 6 nitrogen and oxygen atoms in total. The van der Waals surface area contributed by atoms with Crippen molar-refractivity contribution in [3.63, 3.8) is 0 Å². The fourth-order valence-corrected chi connectivity index (χ4v) is 1.41. The predicted octanol–water partition coefficient (Wildman–Crippen LogP) is 0.935. The van der Waals surface area contributed by atoms with Gasteiger partial charge in [0.25, 0.3) is 0 Å². The number of hydrogen-bond donors (Lipinski definition) is 4. The van der Waals surface area contributed by atoms with Gasteiger partial charge in [-0.1, -0.05) is 26.0 Å². The first kappa shape index (κ1) is 27.4. The van der Waals surface area contributed by atoms with Gasteiger partial charge in [0.05, 0.1) is 11.6 Å². The van der Waals surface area contributed by atoms with Crippen molar-refractivity contribution < 1.29 is 75.4 Å². The number of carbonyl (C=O) groups excluding carboxylic acids is 2. The smallest absolute Gasteiger partial charge is 0 e. The van der Waals surface area contributed by atoms with Crippen LogP contribution >= 0.6 is 0 Å². The van der Waals surface area contributed by atoms with Crippen LogP contribution in [0.4, 0.5) is 0 Å². The molecule has 0 aromatic rings. The molecule has 0 fully saturated rings. The largest absolute Gasteiger partial charge is 0 e. The van der Waals surface area contributed by atoms with Crippen LogP contribution < -0.4 is 11.0 Å². The topological polar surface area (TPSA) is 98.7 Å². The summed E-state index contributed by atoms with van der Waals surface area (Å²) in [5.74, 6) is -0.168. The predicted molar refractivity (Wildman–Crippen MR) is 82.0 cm³/mol. The number of nitrogens with one attached hydrogen (secondary N) is 2. The van der Waals surface area contributed by atoms with Gasteiger partial charge in [0, 0.05) is 20.4 Å². The Morgan fingerprint density at radius 3 is 1.38 bits per heavy atom. The summed E-state index contributed by atoms with van der Waals surface area (Å²) >= 11 is 0.117. The number of halogens is 2. The second kappa shape index (κ2) is 16.4. The first-order valence-corrected chi connectivity index (χ1v) is 10.9. The Kier molecular flexibility index (Phi) is 17.3. The zero-order valence-electron chi connectivity index (χ0n) is 13.6. The molecule has 0 aromatic carbocycles. The monoisotopic (exact) mass is 584 g/mol. The average molecular weight is 586 g/mol. The number of hydrogen-bond acceptors (Lipinski definition) is 6. The molecular weight excluding hydrogens is 568 g/mol. The fraction of sp³-hybridized carbons (Fsp3) is 0.125. The SMILES string of the molecule is C/C(NO)=C1\[C-]=CC(=O)C=C1.C/C(NO)=C1\[C-]=CC(=O)C=C1.[ClH+][Pd][ClH+].[Pd]. The van der Waals surface area contributed by atoms with Crippen molar-refractivity contribution in [1.29, 1.82) is 0 Å². The normalized spacial score (nSPS) is 18.1. The summed E-state index contributed by atoms with van der Waals surface area (Å²) in [7, 11) is 8.52. The van der Waals surface area contributed by atoms with E-state index in [2.05, 4.69) is 31.2 Å². The van der Waals surface area contributed by atoms with Gasteiger partial charge in [-0.25, -0.2) is 0 Å². The van der Waals surface area contributed by atoms with Crippen LogP contribution in [0.3, 0.4) is 0 Å². The summed E-state index contributed by atoms with van der Waals surface area (Å²) in [6.07, 6.45) is 14.1. The Bertz CT molecular complexity index is 577. The van der Waals surface area contributed by atoms with Crippen LogP contribution in [0.25, 0.3) is 0 Å². The minimum absolute atomic E-state index is 0. The minimum Gasteiger partial charge on any atom is 0 e. The van der Waals surface area contributed by atoms with E-state index >= 15 is 0 Å². The van der Waals surface area contributed by atoms with E-state index in [4.69, 9.17) is 10.4 Å². The molecule has 10 heteroatoms. The molecular formula is C16H18Cl2N2O4Pd2. The van der Waals surface area contributed by atoms with Crippen molar-refractivity contribution in [2.75, 3.05) is 0 Å². The number of carbonyl (C=O) groups is 2. The van der Waals surface area contributed by atoms with Crippen molar-refractivity contribution in [2.24, 2.45) is 0 Å². The first-order chi connectivity index (χ1) is 11.9. The van der Waals surface area contributed by atoms with E-state index in [0.717, 1.165) is 0 Å². The van der Waals surface area contributed by atoms with Crippen LogP contribution in [0.15, 0.2) is 59.0 Å². The van der Waals surface area contributed by atoms with Crippen LogP contribution in [-0.4, -0.2) is 22.0 Å². The summed E-state index contributed by atoms with van der Waals surface area (Å²) in [5, 5.41) is 16.9. The molecule has 150 valence electrons. The van der Waals surface area contributed by atoms with Crippen molar-refractivity contribution in [2.45, 2.75) is 13.8 Å². The molecule has 2 aliphatic carbocycles. The maximum Gasteiger partial charge on any atom is 0 e. The second-order valence-electron chi connectivity index (χ2n) is 4.40. The molecule has 26 heavy (non-hydrogen) atoms. The standard InChI is InChI=1S/2C8H8NO2.2ClH.2Pd/c2*1-6(9-11)7-2-4-8(10)5-3-7;;;;/h2*2,4-5,9,11H,1H3;2*1H;;/q2*-1;;;;+2/b2*7-6+;;;;. The third-order valence-corrected chi connectivity index (χ3v) is 2.71. The minimum atomic E-state index is -0.0838. The number of allylic oxidation sites excluding steroid dienone is 12. The van der Waals surface area contributed by atoms with Crippen molar-refractivity contribution in [3.8, 4) is 0 Å². The average Bonchev–Trinajstić information content (AvgIpc) is 2.63. The molecule has 0 bridgehead atoms. The van der Waals surface area contributed by atoms with E-state index in [-0.39, 0.29) is 47.9 Å². The van der Waals surface area contributed by atoms with Gasteiger partial charge in [-0.05, 0) is 11.4 Å². The summed E-state index contributed by atoms with van der Waals surface area (Å²) in [5.41, 5.74) is 6.49. The van der Waals surface area contributed by atoms with E-state index < -0.39 is 0 Å². The van der Waals surface area contributed by atoms with Gasteiger partial charge in [-0.15, -0.1) is 47.6 Å². The van der Waals surface area contributed by atoms with Crippen LogP contribution in [0.1, 0.15) is 13.8 Å². The maximum absolute atomic E-state index is 10.6. The van der Waals surface area contributed by atoms with Gasteiger partial charge in [-0.3, -0.25) is 0 Å². The van der Waals surface area contributed by atoms with E-state index in [0.29, 0.717) is 22.5 Å². The van der Waals surface area contributed by atoms with Gasteiger partial charge < -0.3 is 31.0 Å². The quantitative estimate of drug-likeness (QED) is 0.219. The molecule has 0 saturated heterocycles. The molecule has 2 aliphatic rings. The van der Waals surface area contributed by atoms with Crippen LogP contribution in [0.2, 0.25) is 0 Å². The summed E-state index contributed by atoms with van der Waals surface area (Å²) < 4.78 is 0. The van der Waals surface area contributed by atoms with E-state index in [1.54, 1.807) is 26.0 Å². The molecule has 0 amide bonds. The van der Waals surface area contributed by atoms with E-state index in [1.807, 2.05) is 11.0 Å². The molecule has 0 radical (unpaired) electrons. The Labute approximate surface area is 182 Å². The molecule has 0 aliphatic heterocycles. The molecule has 4 N–H and O–H groups in total. The first-order valence-electron chi connectivity index (χ1n) is 6.59. The Morgan fingerprint density at radius 2 is 1.19 bits per heavy atom. The number of hydroxylamine groups is 2. The van der Waals surface area contributed by atoms with Crippen molar-refractivity contribution in [1.82, 2.24) is 11.0 Å². The number of rotatable bonds is 2. The van der Waals surface area contributed by atoms with Crippen LogP contribution in [0.5, 0.6) is 0 Å². The molecule has 0 aromatic heterocycles. The van der Waals surface area contributed by atoms with E-state index in [1.165, 1.54) is 24.3 Å². The second-order valence-corrected chi connectivity index (χ2v) is 7.16. The maximum atomic E-state index is 10.6. The Balaban J connectivity index is 0. The summed E-state index contributed by atoms with van der Waals surface area (Å²) in [6.45, 7) is 3.38. The third-order valence-electron chi connectivity index (χ3n) is 2.71. The summed E-state index contributed by atoms with van der Waals surface area (Å²) in [4.78, 5) is 21.2. The van der Waals surface area contributed by atoms with Crippen molar-refractivity contribution in [3.05, 3.63) is 71.1 Å². The zero-order valence-corrected chi connectivity index (χ0v) is 18.4. The van der Waals surface area contributed by atoms with Crippen molar-refractivity contribution >= 4 is 11.6 Å².